The molecule has 0 radical (unpaired) electrons. The predicted octanol–water partition coefficient (Wildman–Crippen LogP) is 3.54. The maximum atomic E-state index is 6.00. The van der Waals surface area contributed by atoms with Crippen LogP contribution in [0.4, 0.5) is 0 Å². The number of aromatic nitrogens is 1. The highest BCUT2D eigenvalue weighted by Gasteiger charge is 2.03. The van der Waals surface area contributed by atoms with Gasteiger partial charge in [-0.3, -0.25) is 4.98 Å². The molecular formula is C13H12BrClN2O. The number of nitrogens with two attached hydrogens (primary N) is 1. The van der Waals surface area contributed by atoms with E-state index in [1.54, 1.807) is 12.4 Å². The van der Waals surface area contributed by atoms with Gasteiger partial charge >= 0.3 is 0 Å². The lowest BCUT2D eigenvalue weighted by Gasteiger charge is -2.09. The van der Waals surface area contributed by atoms with Gasteiger partial charge in [-0.2, -0.15) is 0 Å². The van der Waals surface area contributed by atoms with Crippen LogP contribution in [0.3, 0.4) is 0 Å². The van der Waals surface area contributed by atoms with Crippen LogP contribution in [0.5, 0.6) is 5.75 Å². The number of nitrogens with zero attached hydrogens (tertiary/aromatic N) is 1. The van der Waals surface area contributed by atoms with Crippen molar-refractivity contribution < 1.29 is 4.74 Å². The monoisotopic (exact) mass is 326 g/mol. The molecule has 0 saturated heterocycles. The first kappa shape index (κ1) is 13.3. The Balaban J connectivity index is 2.09. The van der Waals surface area contributed by atoms with E-state index >= 15 is 0 Å². The zero-order valence-electron chi connectivity index (χ0n) is 9.57. The molecule has 0 amide bonds. The molecule has 0 atom stereocenters. The normalized spacial score (nSPS) is 10.4. The summed E-state index contributed by atoms with van der Waals surface area (Å²) in [5, 5.41) is 0.605. The molecule has 0 aliphatic heterocycles. The second kappa shape index (κ2) is 6.18. The van der Waals surface area contributed by atoms with E-state index in [9.17, 15) is 0 Å². The van der Waals surface area contributed by atoms with Crippen molar-refractivity contribution in [2.45, 2.75) is 13.2 Å². The Hall–Kier alpha value is -1.10. The first-order valence-electron chi connectivity index (χ1n) is 5.40. The largest absolute Gasteiger partial charge is 0.489 e. The predicted molar refractivity (Wildman–Crippen MR) is 75.6 cm³/mol. The number of halogens is 2. The number of hydrogen-bond acceptors (Lipinski definition) is 3. The molecule has 3 nitrogen and oxygen atoms in total. The standard InChI is InChI=1S/C13H12BrClN2O/c14-12-2-1-11(5-10(12)6-16)18-8-9-3-4-17-7-13(9)15/h1-5,7H,6,8,16H2. The molecule has 18 heavy (non-hydrogen) atoms. The minimum absolute atomic E-state index is 0.410. The van der Waals surface area contributed by atoms with Gasteiger partial charge in [0.25, 0.3) is 0 Å². The van der Waals surface area contributed by atoms with E-state index in [4.69, 9.17) is 22.1 Å². The Bertz CT molecular complexity index is 548. The summed E-state index contributed by atoms with van der Waals surface area (Å²) in [7, 11) is 0. The topological polar surface area (TPSA) is 48.1 Å². The molecule has 0 fully saturated rings. The molecule has 1 heterocycles. The van der Waals surface area contributed by atoms with Gasteiger partial charge in [0.05, 0.1) is 5.02 Å². The van der Waals surface area contributed by atoms with Crippen LogP contribution in [0.1, 0.15) is 11.1 Å². The van der Waals surface area contributed by atoms with Crippen molar-refractivity contribution in [3.05, 3.63) is 57.3 Å². The van der Waals surface area contributed by atoms with E-state index in [-0.39, 0.29) is 0 Å². The number of ether oxygens (including phenoxy) is 1. The Morgan fingerprint density at radius 2 is 2.11 bits per heavy atom. The van der Waals surface area contributed by atoms with E-state index in [2.05, 4.69) is 20.9 Å². The molecule has 0 spiro atoms. The summed E-state index contributed by atoms with van der Waals surface area (Å²) >= 11 is 9.44. The number of rotatable bonds is 4. The molecule has 5 heteroatoms. The Labute approximate surface area is 119 Å². The minimum atomic E-state index is 0.410. The van der Waals surface area contributed by atoms with Crippen LogP contribution < -0.4 is 10.5 Å². The lowest BCUT2D eigenvalue weighted by Crippen LogP contribution is -2.00. The number of hydrogen-bond donors (Lipinski definition) is 1. The fourth-order valence-electron chi connectivity index (χ4n) is 1.48. The summed E-state index contributed by atoms with van der Waals surface area (Å²) in [6.07, 6.45) is 3.30. The molecule has 0 aliphatic rings. The van der Waals surface area contributed by atoms with Gasteiger partial charge in [0.1, 0.15) is 12.4 Å². The van der Waals surface area contributed by atoms with Crippen LogP contribution in [0, 0.1) is 0 Å². The fourth-order valence-corrected chi connectivity index (χ4v) is 2.06. The van der Waals surface area contributed by atoms with Crippen LogP contribution in [0.25, 0.3) is 0 Å². The average Bonchev–Trinajstić information content (AvgIpc) is 2.39. The van der Waals surface area contributed by atoms with Gasteiger partial charge < -0.3 is 10.5 Å². The van der Waals surface area contributed by atoms with E-state index in [0.29, 0.717) is 18.2 Å². The first-order valence-corrected chi connectivity index (χ1v) is 6.57. The second-order valence-corrected chi connectivity index (χ2v) is 4.97. The van der Waals surface area contributed by atoms with Gasteiger partial charge in [0.15, 0.2) is 0 Å². The molecule has 1 aromatic heterocycles. The first-order chi connectivity index (χ1) is 8.70. The third kappa shape index (κ3) is 3.22. The van der Waals surface area contributed by atoms with Gasteiger partial charge in [-0.25, -0.2) is 0 Å². The van der Waals surface area contributed by atoms with E-state index in [0.717, 1.165) is 21.3 Å². The van der Waals surface area contributed by atoms with Crippen molar-refractivity contribution >= 4 is 27.5 Å². The van der Waals surface area contributed by atoms with E-state index in [1.807, 2.05) is 24.3 Å². The number of pyridine rings is 1. The van der Waals surface area contributed by atoms with Crippen molar-refractivity contribution in [3.63, 3.8) is 0 Å². The van der Waals surface area contributed by atoms with E-state index in [1.165, 1.54) is 0 Å². The Morgan fingerprint density at radius 1 is 1.28 bits per heavy atom. The highest BCUT2D eigenvalue weighted by atomic mass is 79.9. The molecular weight excluding hydrogens is 316 g/mol. The summed E-state index contributed by atoms with van der Waals surface area (Å²) in [6, 6.07) is 7.56. The van der Waals surface area contributed by atoms with Crippen molar-refractivity contribution in [3.8, 4) is 5.75 Å². The summed E-state index contributed by atoms with van der Waals surface area (Å²) in [6.45, 7) is 0.876. The van der Waals surface area contributed by atoms with Crippen LogP contribution in [0.2, 0.25) is 5.02 Å². The van der Waals surface area contributed by atoms with Gasteiger partial charge in [-0.05, 0) is 29.8 Å². The maximum absolute atomic E-state index is 6.00. The van der Waals surface area contributed by atoms with Gasteiger partial charge in [0, 0.05) is 29.0 Å². The van der Waals surface area contributed by atoms with Gasteiger partial charge in [0.2, 0.25) is 0 Å². The minimum Gasteiger partial charge on any atom is -0.489 e. The molecule has 1 aromatic carbocycles. The zero-order valence-corrected chi connectivity index (χ0v) is 11.9. The van der Waals surface area contributed by atoms with E-state index < -0.39 is 0 Å². The summed E-state index contributed by atoms with van der Waals surface area (Å²) in [4.78, 5) is 3.93. The summed E-state index contributed by atoms with van der Waals surface area (Å²) < 4.78 is 6.67. The smallest absolute Gasteiger partial charge is 0.120 e. The van der Waals surface area contributed by atoms with Crippen LogP contribution in [-0.2, 0) is 13.2 Å². The summed E-state index contributed by atoms with van der Waals surface area (Å²) in [5.74, 6) is 0.770. The Morgan fingerprint density at radius 3 is 2.83 bits per heavy atom. The van der Waals surface area contributed by atoms with Crippen molar-refractivity contribution in [1.82, 2.24) is 4.98 Å². The number of benzene rings is 1. The lowest BCUT2D eigenvalue weighted by atomic mass is 10.2. The fraction of sp³-hybridized carbons (Fsp3) is 0.154. The zero-order chi connectivity index (χ0) is 13.0. The third-order valence-corrected chi connectivity index (χ3v) is 3.60. The average molecular weight is 328 g/mol. The van der Waals surface area contributed by atoms with Crippen LogP contribution >= 0.6 is 27.5 Å². The van der Waals surface area contributed by atoms with Crippen molar-refractivity contribution in [2.24, 2.45) is 5.73 Å². The van der Waals surface area contributed by atoms with Crippen molar-refractivity contribution in [1.29, 1.82) is 0 Å². The van der Waals surface area contributed by atoms with Gasteiger partial charge in [-0.15, -0.1) is 0 Å². The molecule has 2 aromatic rings. The third-order valence-electron chi connectivity index (χ3n) is 2.49. The molecule has 0 bridgehead atoms. The molecule has 0 unspecified atom stereocenters. The molecule has 2 N–H and O–H groups in total. The molecule has 0 saturated carbocycles. The van der Waals surface area contributed by atoms with Crippen LogP contribution in [0.15, 0.2) is 41.1 Å². The van der Waals surface area contributed by atoms with Crippen molar-refractivity contribution in [2.75, 3.05) is 0 Å². The molecule has 2 rings (SSSR count). The SMILES string of the molecule is NCc1cc(OCc2ccncc2Cl)ccc1Br. The maximum Gasteiger partial charge on any atom is 0.120 e. The van der Waals surface area contributed by atoms with Gasteiger partial charge in [-0.1, -0.05) is 27.5 Å². The highest BCUT2D eigenvalue weighted by Crippen LogP contribution is 2.23. The molecule has 0 aliphatic carbocycles. The molecule has 94 valence electrons. The highest BCUT2D eigenvalue weighted by molar-refractivity contribution is 9.10. The summed E-state index contributed by atoms with van der Waals surface area (Å²) in [5.41, 5.74) is 7.55. The quantitative estimate of drug-likeness (QED) is 0.934. The Kier molecular flexibility index (Phi) is 4.58. The second-order valence-electron chi connectivity index (χ2n) is 3.71. The van der Waals surface area contributed by atoms with Crippen LogP contribution in [-0.4, -0.2) is 4.98 Å². The lowest BCUT2D eigenvalue weighted by molar-refractivity contribution is 0.306.